The number of halogens is 1. The molecular weight excluding hydrogens is 393 g/mol. The lowest BCUT2D eigenvalue weighted by atomic mass is 10.0. The number of piperidine rings is 1. The SMILES string of the molecule is [2H]C([2H])(NC(=O)N(C1CCN(C)CC1)C([2H])([2H])c1ccc(F)cc1)c1ccc(OC([2H])([2H])C([2H])(C([2H])([2H])[2H])C([2H])([2H])[2H])cc1. The molecule has 168 valence electrons. The number of ether oxygens (including phenoxy) is 1. The zero-order chi connectivity index (χ0) is 33.5. The van der Waals surface area contributed by atoms with Gasteiger partial charge in [0, 0.05) is 28.6 Å². The number of benzene rings is 2. The van der Waals surface area contributed by atoms with Crippen LogP contribution in [0.25, 0.3) is 0 Å². The summed E-state index contributed by atoms with van der Waals surface area (Å²) >= 11 is 0. The Morgan fingerprint density at radius 1 is 1.23 bits per heavy atom. The second-order valence-electron chi connectivity index (χ2n) is 7.18. The summed E-state index contributed by atoms with van der Waals surface area (Å²) in [5.74, 6) is -4.68. The maximum absolute atomic E-state index is 13.6. The number of urea groups is 1. The summed E-state index contributed by atoms with van der Waals surface area (Å²) in [7, 11) is 1.88. The van der Waals surface area contributed by atoms with E-state index < -0.39 is 62.8 Å². The van der Waals surface area contributed by atoms with Gasteiger partial charge in [0.2, 0.25) is 0 Å². The van der Waals surface area contributed by atoms with Gasteiger partial charge in [0.05, 0.1) is 14.8 Å². The van der Waals surface area contributed by atoms with E-state index >= 15 is 0 Å². The fourth-order valence-electron chi connectivity index (χ4n) is 3.13. The zero-order valence-electron chi connectivity index (χ0n) is 30.1. The van der Waals surface area contributed by atoms with Gasteiger partial charge in [-0.25, -0.2) is 9.18 Å². The number of carbonyl (C=O) groups excluding carboxylic acids is 1. The lowest BCUT2D eigenvalue weighted by molar-refractivity contribution is 0.127. The zero-order valence-corrected chi connectivity index (χ0v) is 17.1. The molecule has 0 bridgehead atoms. The predicted octanol–water partition coefficient (Wildman–Crippen LogP) is 4.67. The molecule has 3 rings (SSSR count). The van der Waals surface area contributed by atoms with Crippen LogP contribution in [0.1, 0.15) is 55.5 Å². The smallest absolute Gasteiger partial charge is 0.318 e. The molecule has 31 heavy (non-hydrogen) atoms. The summed E-state index contributed by atoms with van der Waals surface area (Å²) < 4.78 is 122. The number of likely N-dealkylation sites (tertiary alicyclic amines) is 1. The van der Waals surface area contributed by atoms with Crippen LogP contribution in [0.4, 0.5) is 9.18 Å². The molecule has 0 spiro atoms. The summed E-state index contributed by atoms with van der Waals surface area (Å²) in [5.41, 5.74) is -0.197. The predicted molar refractivity (Wildman–Crippen MR) is 121 cm³/mol. The highest BCUT2D eigenvalue weighted by molar-refractivity contribution is 5.74. The minimum absolute atomic E-state index is 0.0103. The van der Waals surface area contributed by atoms with Gasteiger partial charge >= 0.3 is 6.03 Å². The largest absolute Gasteiger partial charge is 0.493 e. The Balaban J connectivity index is 1.88. The number of hydrogen-bond acceptors (Lipinski definition) is 3. The number of amides is 2. The van der Waals surface area contributed by atoms with E-state index in [-0.39, 0.29) is 11.1 Å². The molecule has 1 aliphatic rings. The van der Waals surface area contributed by atoms with Gasteiger partial charge in [-0.1, -0.05) is 38.0 Å². The molecule has 0 aromatic heterocycles. The Morgan fingerprint density at radius 3 is 2.52 bits per heavy atom. The molecule has 2 aromatic rings. The van der Waals surface area contributed by atoms with E-state index in [1.54, 1.807) is 0 Å². The van der Waals surface area contributed by atoms with Crippen molar-refractivity contribution >= 4 is 6.03 Å². The first-order valence-electron chi connectivity index (χ1n) is 16.3. The number of rotatable bonds is 8. The van der Waals surface area contributed by atoms with Crippen molar-refractivity contribution in [3.63, 3.8) is 0 Å². The van der Waals surface area contributed by atoms with Crippen LogP contribution in [0, 0.1) is 11.7 Å². The van der Waals surface area contributed by atoms with Crippen molar-refractivity contribution in [3.05, 3.63) is 65.5 Å². The van der Waals surface area contributed by atoms with Gasteiger partial charge in [0.15, 0.2) is 0 Å². The van der Waals surface area contributed by atoms with Gasteiger partial charge in [-0.15, -0.1) is 0 Å². The second kappa shape index (κ2) is 11.1. The Kier molecular flexibility index (Phi) is 4.07. The van der Waals surface area contributed by atoms with Gasteiger partial charge in [0.25, 0.3) is 0 Å². The molecular formula is C25H34FN3O2. The van der Waals surface area contributed by atoms with Crippen molar-refractivity contribution in [2.45, 2.75) is 45.6 Å². The average molecular weight is 441 g/mol. The molecule has 1 heterocycles. The highest BCUT2D eigenvalue weighted by Gasteiger charge is 2.27. The molecule has 0 radical (unpaired) electrons. The van der Waals surface area contributed by atoms with Crippen molar-refractivity contribution in [1.82, 2.24) is 15.1 Å². The molecule has 1 aliphatic heterocycles. The third-order valence-electron chi connectivity index (χ3n) is 4.80. The lowest BCUT2D eigenvalue weighted by Gasteiger charge is -2.37. The summed E-state index contributed by atoms with van der Waals surface area (Å²) in [4.78, 5) is 16.5. The average Bonchev–Trinajstić information content (AvgIpc) is 2.88. The molecule has 1 saturated heterocycles. The van der Waals surface area contributed by atoms with Crippen molar-refractivity contribution in [2.24, 2.45) is 5.89 Å². The van der Waals surface area contributed by atoms with Gasteiger partial charge in [-0.2, -0.15) is 0 Å². The fraction of sp³-hybridized carbons (Fsp3) is 0.480. The van der Waals surface area contributed by atoms with Crippen LogP contribution in [-0.2, 0) is 13.0 Å². The summed E-state index contributed by atoms with van der Waals surface area (Å²) in [6.45, 7) is -14.7. The lowest BCUT2D eigenvalue weighted by Crippen LogP contribution is -2.49. The van der Waals surface area contributed by atoms with E-state index in [4.69, 9.17) is 22.6 Å². The topological polar surface area (TPSA) is 44.8 Å². The Morgan fingerprint density at radius 2 is 1.87 bits per heavy atom. The van der Waals surface area contributed by atoms with Crippen molar-refractivity contribution < 1.29 is 31.7 Å². The molecule has 1 N–H and O–H groups in total. The maximum atomic E-state index is 13.6. The molecule has 2 aromatic carbocycles. The summed E-state index contributed by atoms with van der Waals surface area (Å²) in [6, 6.07) is 7.03. The summed E-state index contributed by atoms with van der Waals surface area (Å²) in [5, 5.41) is 2.20. The molecule has 0 atom stereocenters. The van der Waals surface area contributed by atoms with Crippen LogP contribution in [0.15, 0.2) is 48.5 Å². The van der Waals surface area contributed by atoms with E-state index in [9.17, 15) is 9.18 Å². The van der Waals surface area contributed by atoms with Crippen LogP contribution >= 0.6 is 0 Å². The Hall–Kier alpha value is -2.60. The maximum Gasteiger partial charge on any atom is 0.318 e. The molecule has 2 amide bonds. The molecule has 1 fully saturated rings. The molecule has 0 unspecified atom stereocenters. The number of nitrogens with zero attached hydrogens (tertiary/aromatic N) is 2. The van der Waals surface area contributed by atoms with Gasteiger partial charge in [-0.3, -0.25) is 0 Å². The number of hydrogen-bond donors (Lipinski definition) is 1. The van der Waals surface area contributed by atoms with Crippen molar-refractivity contribution in [1.29, 1.82) is 0 Å². The van der Waals surface area contributed by atoms with Crippen LogP contribution in [0.5, 0.6) is 5.75 Å². The highest BCUT2D eigenvalue weighted by Crippen LogP contribution is 2.19. The quantitative estimate of drug-likeness (QED) is 0.649. The molecule has 0 aliphatic carbocycles. The van der Waals surface area contributed by atoms with Crippen LogP contribution < -0.4 is 10.1 Å². The number of carbonyl (C=O) groups is 1. The molecule has 5 nitrogen and oxygen atoms in total. The Bertz CT molecular complexity index is 1280. The minimum atomic E-state index is -3.67. The standard InChI is InChI=1S/C25H34FN3O2/c1-19(2)18-31-24-10-6-20(7-11-24)16-27-25(30)29(23-12-14-28(3)15-13-23)17-21-4-8-22(26)9-5-21/h4-11,19,23H,12-18H2,1-3H3,(H,27,30)/i1D3,2D3,16D2,17D2,18D2,19D. The first kappa shape index (κ1) is 11.3. The number of nitrogens with one attached hydrogen (secondary N) is 1. The molecule has 0 saturated carbocycles. The second-order valence-corrected chi connectivity index (χ2v) is 7.18. The van der Waals surface area contributed by atoms with E-state index in [1.165, 1.54) is 12.1 Å². The minimum Gasteiger partial charge on any atom is -0.493 e. The third-order valence-corrected chi connectivity index (χ3v) is 4.80. The fourth-order valence-corrected chi connectivity index (χ4v) is 3.13. The Labute approximate surface area is 203 Å². The van der Waals surface area contributed by atoms with Gasteiger partial charge in [0.1, 0.15) is 11.6 Å². The first-order valence-corrected chi connectivity index (χ1v) is 9.80. The summed E-state index contributed by atoms with van der Waals surface area (Å²) in [6.07, 6.45) is 0.789. The van der Waals surface area contributed by atoms with Gasteiger partial charge in [-0.05, 0) is 74.3 Å². The van der Waals surface area contributed by atoms with E-state index in [0.29, 0.717) is 25.9 Å². The van der Waals surface area contributed by atoms with E-state index in [0.717, 1.165) is 41.3 Å². The van der Waals surface area contributed by atoms with Crippen molar-refractivity contribution in [3.8, 4) is 5.75 Å². The first-order chi connectivity index (χ1) is 19.9. The van der Waals surface area contributed by atoms with Crippen LogP contribution in [-0.4, -0.2) is 48.6 Å². The normalized spacial score (nSPS) is 23.9. The van der Waals surface area contributed by atoms with Crippen LogP contribution in [0.3, 0.4) is 0 Å². The third kappa shape index (κ3) is 7.24. The monoisotopic (exact) mass is 440 g/mol. The van der Waals surface area contributed by atoms with Crippen LogP contribution in [0.2, 0.25) is 0 Å². The van der Waals surface area contributed by atoms with Gasteiger partial charge < -0.3 is 19.9 Å². The highest BCUT2D eigenvalue weighted by atomic mass is 19.1. The van der Waals surface area contributed by atoms with E-state index in [1.807, 2.05) is 11.9 Å². The van der Waals surface area contributed by atoms with E-state index in [2.05, 4.69) is 5.32 Å². The molecule has 6 heteroatoms. The van der Waals surface area contributed by atoms with Crippen molar-refractivity contribution in [2.75, 3.05) is 26.7 Å².